The molecule has 0 radical (unpaired) electrons. The van der Waals surface area contributed by atoms with E-state index in [9.17, 15) is 4.39 Å². The van der Waals surface area contributed by atoms with Crippen LogP contribution in [0.2, 0.25) is 0 Å². The molecule has 0 aliphatic heterocycles. The molecule has 5 heteroatoms. The van der Waals surface area contributed by atoms with Crippen molar-refractivity contribution < 1.29 is 9.13 Å². The molecule has 0 saturated heterocycles. The van der Waals surface area contributed by atoms with Crippen LogP contribution >= 0.6 is 11.3 Å². The van der Waals surface area contributed by atoms with E-state index in [0.29, 0.717) is 5.75 Å². The van der Waals surface area contributed by atoms with E-state index in [1.54, 1.807) is 35.9 Å². The van der Waals surface area contributed by atoms with Gasteiger partial charge in [-0.05, 0) is 49.7 Å². The van der Waals surface area contributed by atoms with Crippen LogP contribution in [0.1, 0.15) is 36.6 Å². The summed E-state index contributed by atoms with van der Waals surface area (Å²) in [7, 11) is 1.99. The summed E-state index contributed by atoms with van der Waals surface area (Å²) < 4.78 is 21.0. The van der Waals surface area contributed by atoms with Crippen LogP contribution in [0.25, 0.3) is 15.9 Å². The van der Waals surface area contributed by atoms with Crippen LogP contribution in [0.5, 0.6) is 11.5 Å². The molecule has 0 aliphatic rings. The number of hydrogen-bond acceptors (Lipinski definition) is 4. The zero-order valence-corrected chi connectivity index (χ0v) is 17.4. The summed E-state index contributed by atoms with van der Waals surface area (Å²) in [5.74, 6) is 0.460. The highest BCUT2D eigenvalue weighted by atomic mass is 32.1. The molecule has 0 saturated carbocycles. The second kappa shape index (κ2) is 9.02. The minimum atomic E-state index is -0.367. The van der Waals surface area contributed by atoms with Gasteiger partial charge in [-0.3, -0.25) is 4.98 Å². The maximum absolute atomic E-state index is 14.2. The number of unbranched alkanes of at least 4 members (excludes halogenated alkanes) is 2. The molecule has 3 aromatic rings. The van der Waals surface area contributed by atoms with Crippen LogP contribution in [-0.4, -0.2) is 16.9 Å². The van der Waals surface area contributed by atoms with Gasteiger partial charge in [0.25, 0.3) is 0 Å². The molecule has 3 nitrogen and oxygen atoms in total. The number of nitrogens with zero attached hydrogens (tertiary/aromatic N) is 2. The Kier molecular flexibility index (Phi) is 6.47. The summed E-state index contributed by atoms with van der Waals surface area (Å²) in [4.78, 5) is 7.57. The number of aromatic nitrogens is 1. The first-order chi connectivity index (χ1) is 13.5. The molecular formula is C23H25FN2OS. The van der Waals surface area contributed by atoms with E-state index >= 15 is 0 Å². The first-order valence-electron chi connectivity index (χ1n) is 9.42. The van der Waals surface area contributed by atoms with Gasteiger partial charge in [-0.2, -0.15) is 0 Å². The Hall–Kier alpha value is -2.66. The fourth-order valence-corrected chi connectivity index (χ4v) is 4.04. The second-order valence-electron chi connectivity index (χ2n) is 6.70. The fraction of sp³-hybridized carbons (Fsp3) is 0.261. The smallest absolute Gasteiger partial charge is 0.165 e. The average Bonchev–Trinajstić information content (AvgIpc) is 3.11. The number of rotatable bonds is 8. The number of benzene rings is 1. The van der Waals surface area contributed by atoms with E-state index in [4.69, 9.17) is 4.74 Å². The quantitative estimate of drug-likeness (QED) is 0.378. The highest BCUT2D eigenvalue weighted by Crippen LogP contribution is 2.38. The van der Waals surface area contributed by atoms with Gasteiger partial charge >= 0.3 is 0 Å². The summed E-state index contributed by atoms with van der Waals surface area (Å²) >= 11 is 1.59. The Labute approximate surface area is 169 Å². The SMILES string of the molecule is C=CN(C)/C(=C\CCCC)c1cc2nccc(Oc3ccc(C)cc3F)c2s1. The first kappa shape index (κ1) is 20.1. The standard InChI is InChI=1S/C23H25FN2OS/c1-5-7-8-9-19(26(4)6-2)22-15-18-23(28-22)21(12-13-25-18)27-20-11-10-16(3)14-17(20)24/h6,9-15H,2,5,7-8H2,1,3-4H3/b19-9-. The molecule has 0 bridgehead atoms. The van der Waals surface area contributed by atoms with Gasteiger partial charge in [-0.25, -0.2) is 4.39 Å². The van der Waals surface area contributed by atoms with Crippen LogP contribution in [-0.2, 0) is 0 Å². The lowest BCUT2D eigenvalue weighted by molar-refractivity contribution is 0.446. The van der Waals surface area contributed by atoms with Crippen molar-refractivity contribution in [2.75, 3.05) is 7.05 Å². The monoisotopic (exact) mass is 396 g/mol. The van der Waals surface area contributed by atoms with Crippen molar-refractivity contribution in [1.82, 2.24) is 9.88 Å². The van der Waals surface area contributed by atoms with Crippen molar-refractivity contribution in [3.8, 4) is 11.5 Å². The average molecular weight is 397 g/mol. The van der Waals surface area contributed by atoms with Crippen molar-refractivity contribution >= 4 is 27.3 Å². The van der Waals surface area contributed by atoms with E-state index in [2.05, 4.69) is 30.6 Å². The molecule has 0 N–H and O–H groups in total. The number of fused-ring (bicyclic) bond motifs is 1. The number of halogens is 1. The second-order valence-corrected chi connectivity index (χ2v) is 7.75. The normalized spacial score (nSPS) is 11.6. The Balaban J connectivity index is 2.00. The van der Waals surface area contributed by atoms with Gasteiger partial charge in [-0.1, -0.05) is 32.1 Å². The Morgan fingerprint density at radius 3 is 2.82 bits per heavy atom. The third-order valence-electron chi connectivity index (χ3n) is 4.48. The molecular weight excluding hydrogens is 371 g/mol. The number of allylic oxidation sites excluding steroid dienone is 1. The molecule has 28 heavy (non-hydrogen) atoms. The van der Waals surface area contributed by atoms with E-state index in [1.165, 1.54) is 6.07 Å². The van der Waals surface area contributed by atoms with Gasteiger partial charge in [0, 0.05) is 19.3 Å². The van der Waals surface area contributed by atoms with E-state index in [0.717, 1.165) is 45.6 Å². The molecule has 2 aromatic heterocycles. The first-order valence-corrected chi connectivity index (χ1v) is 10.2. The van der Waals surface area contributed by atoms with Gasteiger partial charge in [0.05, 0.1) is 20.8 Å². The highest BCUT2D eigenvalue weighted by Gasteiger charge is 2.15. The molecule has 1 aromatic carbocycles. The van der Waals surface area contributed by atoms with Crippen LogP contribution in [0.4, 0.5) is 4.39 Å². The van der Waals surface area contributed by atoms with Gasteiger partial charge in [0.2, 0.25) is 0 Å². The third kappa shape index (κ3) is 4.42. The Morgan fingerprint density at radius 2 is 2.11 bits per heavy atom. The van der Waals surface area contributed by atoms with Crippen molar-refractivity contribution in [2.45, 2.75) is 33.1 Å². The van der Waals surface area contributed by atoms with Gasteiger partial charge in [0.1, 0.15) is 5.75 Å². The largest absolute Gasteiger partial charge is 0.453 e. The number of hydrogen-bond donors (Lipinski definition) is 0. The predicted octanol–water partition coefficient (Wildman–Crippen LogP) is 7.14. The lowest BCUT2D eigenvalue weighted by atomic mass is 10.2. The van der Waals surface area contributed by atoms with Crippen LogP contribution in [0, 0.1) is 12.7 Å². The summed E-state index contributed by atoms with van der Waals surface area (Å²) in [6.45, 7) is 7.92. The minimum absolute atomic E-state index is 0.218. The van der Waals surface area contributed by atoms with Crippen LogP contribution in [0.15, 0.2) is 55.4 Å². The van der Waals surface area contributed by atoms with Crippen molar-refractivity contribution in [3.63, 3.8) is 0 Å². The lowest BCUT2D eigenvalue weighted by Crippen LogP contribution is -2.07. The lowest BCUT2D eigenvalue weighted by Gasteiger charge is -2.16. The van der Waals surface area contributed by atoms with Gasteiger partial charge < -0.3 is 9.64 Å². The summed E-state index contributed by atoms with van der Waals surface area (Å²) in [6, 6.07) is 8.80. The molecule has 0 spiro atoms. The third-order valence-corrected chi connectivity index (χ3v) is 5.65. The van der Waals surface area contributed by atoms with Crippen LogP contribution in [0.3, 0.4) is 0 Å². The maximum atomic E-state index is 14.2. The summed E-state index contributed by atoms with van der Waals surface area (Å²) in [5.41, 5.74) is 2.79. The Bertz CT molecular complexity index is 1010. The number of pyridine rings is 1. The summed E-state index contributed by atoms with van der Waals surface area (Å²) in [6.07, 6.45) is 9.01. The molecule has 0 amide bonds. The van der Waals surface area contributed by atoms with E-state index < -0.39 is 0 Å². The molecule has 3 rings (SSSR count). The minimum Gasteiger partial charge on any atom is -0.453 e. The zero-order chi connectivity index (χ0) is 20.1. The molecule has 0 fully saturated rings. The van der Waals surface area contributed by atoms with Crippen molar-refractivity contribution in [1.29, 1.82) is 0 Å². The number of aryl methyl sites for hydroxylation is 1. The van der Waals surface area contributed by atoms with E-state index in [1.807, 2.05) is 24.9 Å². The zero-order valence-electron chi connectivity index (χ0n) is 16.5. The topological polar surface area (TPSA) is 25.4 Å². The summed E-state index contributed by atoms with van der Waals surface area (Å²) in [5, 5.41) is 0. The molecule has 0 aliphatic carbocycles. The Morgan fingerprint density at radius 1 is 1.29 bits per heavy atom. The maximum Gasteiger partial charge on any atom is 0.165 e. The molecule has 146 valence electrons. The number of thiophene rings is 1. The predicted molar refractivity (Wildman–Crippen MR) is 116 cm³/mol. The molecule has 0 atom stereocenters. The van der Waals surface area contributed by atoms with E-state index in [-0.39, 0.29) is 11.6 Å². The highest BCUT2D eigenvalue weighted by molar-refractivity contribution is 7.20. The van der Waals surface area contributed by atoms with Crippen LogP contribution < -0.4 is 4.74 Å². The van der Waals surface area contributed by atoms with Crippen molar-refractivity contribution in [3.05, 3.63) is 71.6 Å². The number of ether oxygens (including phenoxy) is 1. The van der Waals surface area contributed by atoms with Crippen molar-refractivity contribution in [2.24, 2.45) is 0 Å². The fourth-order valence-electron chi connectivity index (χ4n) is 2.89. The van der Waals surface area contributed by atoms with Gasteiger partial charge in [0.15, 0.2) is 11.6 Å². The van der Waals surface area contributed by atoms with Gasteiger partial charge in [-0.15, -0.1) is 11.3 Å². The molecule has 0 unspecified atom stereocenters. The molecule has 2 heterocycles.